The van der Waals surface area contributed by atoms with Gasteiger partial charge in [-0.2, -0.15) is 0 Å². The molecular weight excluding hydrogens is 528 g/mol. The third-order valence-corrected chi connectivity index (χ3v) is 7.35. The normalized spacial score (nSPS) is 10.8. The quantitative estimate of drug-likeness (QED) is 0.0864. The number of carbonyl (C=O) groups excluding carboxylic acids is 1. The number of hydrogen-bond acceptors (Lipinski definition) is 7. The highest BCUT2D eigenvalue weighted by Gasteiger charge is 2.20. The molecule has 4 rings (SSSR count). The minimum atomic E-state index is -0.485. The number of carbonyl (C=O) groups is 1. The number of methoxy groups -OCH3 is 2. The van der Waals surface area contributed by atoms with Crippen LogP contribution in [-0.4, -0.2) is 46.9 Å². The standard InChI is InChI=1S/C30H32N4O5S/c1-4-19-33-28(22-10-16-26(39-3)17-11-22)27(21-8-14-25(38-2)15-9-21)32-30(33)40-20-5-18-31-29(35)23-6-12-24(13-7-23)34(36)37/h6-17H,4-5,18-20H2,1-3H3,(H,31,35). The molecule has 1 heterocycles. The second-order valence-corrected chi connectivity index (χ2v) is 10.0. The Balaban J connectivity index is 1.51. The molecule has 0 aliphatic heterocycles. The molecule has 0 unspecified atom stereocenters. The van der Waals surface area contributed by atoms with E-state index in [2.05, 4.69) is 28.9 Å². The van der Waals surface area contributed by atoms with Gasteiger partial charge in [-0.3, -0.25) is 14.9 Å². The highest BCUT2D eigenvalue weighted by Crippen LogP contribution is 2.37. The number of ether oxygens (including phenoxy) is 2. The van der Waals surface area contributed by atoms with Gasteiger partial charge in [-0.15, -0.1) is 0 Å². The van der Waals surface area contributed by atoms with Crippen molar-refractivity contribution in [2.24, 2.45) is 0 Å². The summed E-state index contributed by atoms with van der Waals surface area (Å²) in [6.07, 6.45) is 1.68. The number of rotatable bonds is 13. The number of nitrogens with zero attached hydrogens (tertiary/aromatic N) is 3. The van der Waals surface area contributed by atoms with Gasteiger partial charge in [0.2, 0.25) is 0 Å². The number of aromatic nitrogens is 2. The van der Waals surface area contributed by atoms with Crippen LogP contribution in [0.3, 0.4) is 0 Å². The minimum absolute atomic E-state index is 0.0430. The second kappa shape index (κ2) is 13.7. The van der Waals surface area contributed by atoms with Crippen molar-refractivity contribution in [1.82, 2.24) is 14.9 Å². The van der Waals surface area contributed by atoms with Crippen LogP contribution >= 0.6 is 11.8 Å². The molecule has 0 fully saturated rings. The van der Waals surface area contributed by atoms with Gasteiger partial charge in [0.05, 0.1) is 30.5 Å². The summed E-state index contributed by atoms with van der Waals surface area (Å²) in [6, 6.07) is 21.5. The lowest BCUT2D eigenvalue weighted by Crippen LogP contribution is -2.24. The van der Waals surface area contributed by atoms with Gasteiger partial charge in [-0.25, -0.2) is 4.98 Å². The summed E-state index contributed by atoms with van der Waals surface area (Å²) in [6.45, 7) is 3.44. The molecule has 0 atom stereocenters. The van der Waals surface area contributed by atoms with Gasteiger partial charge >= 0.3 is 0 Å². The molecule has 1 N–H and O–H groups in total. The van der Waals surface area contributed by atoms with Gasteiger partial charge in [0.15, 0.2) is 5.16 Å². The lowest BCUT2D eigenvalue weighted by atomic mass is 10.0. The Kier molecular flexibility index (Phi) is 9.80. The van der Waals surface area contributed by atoms with Crippen molar-refractivity contribution in [3.05, 3.63) is 88.5 Å². The molecule has 208 valence electrons. The van der Waals surface area contributed by atoms with Gasteiger partial charge in [0.1, 0.15) is 11.5 Å². The van der Waals surface area contributed by atoms with E-state index in [1.165, 1.54) is 24.3 Å². The molecule has 0 radical (unpaired) electrons. The zero-order chi connectivity index (χ0) is 28.5. The summed E-state index contributed by atoms with van der Waals surface area (Å²) in [7, 11) is 3.30. The highest BCUT2D eigenvalue weighted by atomic mass is 32.2. The number of benzene rings is 3. The van der Waals surface area contributed by atoms with Crippen LogP contribution in [0.4, 0.5) is 5.69 Å². The predicted molar refractivity (Wildman–Crippen MR) is 157 cm³/mol. The zero-order valence-electron chi connectivity index (χ0n) is 22.8. The molecule has 4 aromatic rings. The third kappa shape index (κ3) is 6.81. The zero-order valence-corrected chi connectivity index (χ0v) is 23.6. The fourth-order valence-corrected chi connectivity index (χ4v) is 5.20. The maximum absolute atomic E-state index is 12.4. The van der Waals surface area contributed by atoms with Crippen molar-refractivity contribution in [3.8, 4) is 34.0 Å². The molecule has 0 saturated heterocycles. The van der Waals surface area contributed by atoms with Crippen LogP contribution in [0.5, 0.6) is 11.5 Å². The van der Waals surface area contributed by atoms with Crippen molar-refractivity contribution in [2.45, 2.75) is 31.5 Å². The van der Waals surface area contributed by atoms with Gasteiger partial charge in [0, 0.05) is 47.7 Å². The third-order valence-electron chi connectivity index (χ3n) is 6.28. The Labute approximate surface area is 237 Å². The smallest absolute Gasteiger partial charge is 0.269 e. The summed E-state index contributed by atoms with van der Waals surface area (Å²) in [5, 5.41) is 14.6. The van der Waals surface area contributed by atoms with Crippen LogP contribution < -0.4 is 14.8 Å². The molecule has 0 saturated carbocycles. The fraction of sp³-hybridized carbons (Fsp3) is 0.267. The van der Waals surface area contributed by atoms with Crippen LogP contribution in [0, 0.1) is 10.1 Å². The maximum Gasteiger partial charge on any atom is 0.269 e. The van der Waals surface area contributed by atoms with Crippen molar-refractivity contribution < 1.29 is 19.2 Å². The van der Waals surface area contributed by atoms with Gasteiger partial charge in [-0.05, 0) is 73.5 Å². The van der Waals surface area contributed by atoms with Crippen molar-refractivity contribution in [1.29, 1.82) is 0 Å². The van der Waals surface area contributed by atoms with Crippen LogP contribution in [0.2, 0.25) is 0 Å². The first-order valence-corrected chi connectivity index (χ1v) is 14.0. The topological polar surface area (TPSA) is 109 Å². The summed E-state index contributed by atoms with van der Waals surface area (Å²) in [4.78, 5) is 27.9. The first kappa shape index (κ1) is 28.7. The van der Waals surface area contributed by atoms with Crippen LogP contribution in [0.1, 0.15) is 30.1 Å². The average molecular weight is 561 g/mol. The largest absolute Gasteiger partial charge is 0.497 e. The molecule has 0 aliphatic carbocycles. The summed E-state index contributed by atoms with van der Waals surface area (Å²) >= 11 is 1.66. The number of amides is 1. The van der Waals surface area contributed by atoms with E-state index >= 15 is 0 Å². The molecule has 0 spiro atoms. The second-order valence-electron chi connectivity index (χ2n) is 8.96. The number of nitro groups is 1. The molecule has 0 aliphatic rings. The first-order valence-electron chi connectivity index (χ1n) is 13.0. The van der Waals surface area contributed by atoms with Crippen LogP contribution in [-0.2, 0) is 6.54 Å². The first-order chi connectivity index (χ1) is 19.4. The lowest BCUT2D eigenvalue weighted by molar-refractivity contribution is -0.384. The maximum atomic E-state index is 12.4. The number of imidazole rings is 1. The summed E-state index contributed by atoms with van der Waals surface area (Å²) < 4.78 is 13.0. The minimum Gasteiger partial charge on any atom is -0.497 e. The Morgan fingerprint density at radius 1 is 0.950 bits per heavy atom. The molecule has 3 aromatic carbocycles. The van der Waals surface area contributed by atoms with E-state index in [-0.39, 0.29) is 11.6 Å². The van der Waals surface area contributed by atoms with E-state index in [4.69, 9.17) is 14.5 Å². The van der Waals surface area contributed by atoms with E-state index in [1.807, 2.05) is 36.4 Å². The Hall–Kier alpha value is -4.31. The van der Waals surface area contributed by atoms with E-state index < -0.39 is 4.92 Å². The van der Waals surface area contributed by atoms with Crippen LogP contribution in [0.15, 0.2) is 78.0 Å². The number of thioether (sulfide) groups is 1. The number of hydrogen-bond donors (Lipinski definition) is 1. The van der Waals surface area contributed by atoms with Gasteiger partial charge < -0.3 is 19.4 Å². The van der Waals surface area contributed by atoms with E-state index in [9.17, 15) is 14.9 Å². The van der Waals surface area contributed by atoms with Crippen molar-refractivity contribution >= 4 is 23.4 Å². The van der Waals surface area contributed by atoms with Gasteiger partial charge in [0.25, 0.3) is 11.6 Å². The highest BCUT2D eigenvalue weighted by molar-refractivity contribution is 7.99. The van der Waals surface area contributed by atoms with E-state index in [0.29, 0.717) is 12.1 Å². The predicted octanol–water partition coefficient (Wildman–Crippen LogP) is 6.46. The molecule has 9 nitrogen and oxygen atoms in total. The number of non-ortho nitro benzene ring substituents is 1. The average Bonchev–Trinajstić information content (AvgIpc) is 3.35. The fourth-order valence-electron chi connectivity index (χ4n) is 4.24. The molecule has 1 aromatic heterocycles. The monoisotopic (exact) mass is 560 g/mol. The lowest BCUT2D eigenvalue weighted by Gasteiger charge is -2.13. The van der Waals surface area contributed by atoms with Gasteiger partial charge in [-0.1, -0.05) is 18.7 Å². The van der Waals surface area contributed by atoms with E-state index in [1.54, 1.807) is 26.0 Å². The number of nitrogens with one attached hydrogen (secondary N) is 1. The summed E-state index contributed by atoms with van der Waals surface area (Å²) in [5.74, 6) is 2.08. The summed E-state index contributed by atoms with van der Waals surface area (Å²) in [5.41, 5.74) is 4.34. The molecular formula is C30H32N4O5S. The Bertz CT molecular complexity index is 1430. The Morgan fingerprint density at radius 2 is 1.55 bits per heavy atom. The van der Waals surface area contributed by atoms with E-state index in [0.717, 1.165) is 64.3 Å². The molecule has 10 heteroatoms. The van der Waals surface area contributed by atoms with Crippen molar-refractivity contribution in [3.63, 3.8) is 0 Å². The van der Waals surface area contributed by atoms with Crippen LogP contribution in [0.25, 0.3) is 22.5 Å². The Morgan fingerprint density at radius 3 is 2.10 bits per heavy atom. The molecule has 40 heavy (non-hydrogen) atoms. The van der Waals surface area contributed by atoms with Crippen molar-refractivity contribution in [2.75, 3.05) is 26.5 Å². The molecule has 0 bridgehead atoms. The SMILES string of the molecule is CCCn1c(SCCCNC(=O)c2ccc([N+](=O)[O-])cc2)nc(-c2ccc(OC)cc2)c1-c1ccc(OC)cc1. The number of nitro benzene ring substituents is 1. The molecule has 1 amide bonds.